The van der Waals surface area contributed by atoms with Gasteiger partial charge < -0.3 is 10.9 Å². The quantitative estimate of drug-likeness (QED) is 0.359. The minimum Gasteiger partial charge on any atom is -0.409 e. The lowest BCUT2D eigenvalue weighted by Gasteiger charge is -2.09. The maximum Gasteiger partial charge on any atom is 0.171 e. The van der Waals surface area contributed by atoms with E-state index < -0.39 is 0 Å². The van der Waals surface area contributed by atoms with Gasteiger partial charge in [0.05, 0.1) is 10.0 Å². The molecule has 0 unspecified atom stereocenters. The van der Waals surface area contributed by atoms with Crippen molar-refractivity contribution in [1.82, 2.24) is 0 Å². The lowest BCUT2D eigenvalue weighted by Crippen LogP contribution is -2.14. The second kappa shape index (κ2) is 6.59. The fraction of sp³-hybridized carbons (Fsp3) is 0. The zero-order chi connectivity index (χ0) is 14.7. The lowest BCUT2D eigenvalue weighted by atomic mass is 10.2. The van der Waals surface area contributed by atoms with Gasteiger partial charge in [-0.3, -0.25) is 0 Å². The first-order valence-corrected chi connectivity index (χ1v) is 7.36. The average Bonchev–Trinajstić information content (AvgIpc) is 2.42. The van der Waals surface area contributed by atoms with E-state index in [1.54, 1.807) is 30.3 Å². The third kappa shape index (κ3) is 3.52. The summed E-state index contributed by atoms with van der Waals surface area (Å²) in [6, 6.07) is 10.4. The van der Waals surface area contributed by atoms with Crippen LogP contribution in [0.25, 0.3) is 0 Å². The molecule has 2 aromatic rings. The Balaban J connectivity index is 2.41. The van der Waals surface area contributed by atoms with E-state index in [1.165, 1.54) is 11.8 Å². The maximum absolute atomic E-state index is 8.81. The summed E-state index contributed by atoms with van der Waals surface area (Å²) in [5, 5.41) is 13.3. The van der Waals surface area contributed by atoms with Gasteiger partial charge in [0.2, 0.25) is 0 Å². The summed E-state index contributed by atoms with van der Waals surface area (Å²) in [5.41, 5.74) is 6.24. The Labute approximate surface area is 135 Å². The highest BCUT2D eigenvalue weighted by Crippen LogP contribution is 2.35. The Morgan fingerprint density at radius 3 is 2.45 bits per heavy atom. The largest absolute Gasteiger partial charge is 0.409 e. The Bertz CT molecular complexity index is 677. The SMILES string of the molecule is NC(=NO)c1ccc(Cl)cc1Sc1ccc(Cl)c(Cl)c1. The van der Waals surface area contributed by atoms with Crippen LogP contribution < -0.4 is 5.73 Å². The van der Waals surface area contributed by atoms with Crippen LogP contribution in [0.15, 0.2) is 51.3 Å². The topological polar surface area (TPSA) is 58.6 Å². The van der Waals surface area contributed by atoms with Crippen molar-refractivity contribution in [3.8, 4) is 0 Å². The maximum atomic E-state index is 8.81. The van der Waals surface area contributed by atoms with Crippen LogP contribution >= 0.6 is 46.6 Å². The van der Waals surface area contributed by atoms with Crippen LogP contribution in [0.5, 0.6) is 0 Å². The van der Waals surface area contributed by atoms with Gasteiger partial charge in [0, 0.05) is 20.4 Å². The van der Waals surface area contributed by atoms with Crippen molar-refractivity contribution < 1.29 is 5.21 Å². The molecule has 104 valence electrons. The molecule has 3 N–H and O–H groups in total. The van der Waals surface area contributed by atoms with Gasteiger partial charge in [-0.05, 0) is 36.4 Å². The summed E-state index contributed by atoms with van der Waals surface area (Å²) in [5.74, 6) is 0.0178. The Morgan fingerprint density at radius 1 is 1.05 bits per heavy atom. The molecule has 0 heterocycles. The van der Waals surface area contributed by atoms with Gasteiger partial charge >= 0.3 is 0 Å². The molecule has 0 amide bonds. The van der Waals surface area contributed by atoms with Crippen molar-refractivity contribution >= 4 is 52.4 Å². The molecular formula is C13H9Cl3N2OS. The molecule has 3 nitrogen and oxygen atoms in total. The monoisotopic (exact) mass is 346 g/mol. The van der Waals surface area contributed by atoms with Crippen molar-refractivity contribution in [2.75, 3.05) is 0 Å². The molecule has 0 saturated carbocycles. The van der Waals surface area contributed by atoms with Crippen molar-refractivity contribution in [3.63, 3.8) is 0 Å². The minimum absolute atomic E-state index is 0.0178. The van der Waals surface area contributed by atoms with Gasteiger partial charge in [-0.25, -0.2) is 0 Å². The summed E-state index contributed by atoms with van der Waals surface area (Å²) >= 11 is 19.2. The molecular weight excluding hydrogens is 339 g/mol. The van der Waals surface area contributed by atoms with Crippen LogP contribution in [-0.4, -0.2) is 11.0 Å². The fourth-order valence-electron chi connectivity index (χ4n) is 1.51. The highest BCUT2D eigenvalue weighted by atomic mass is 35.5. The van der Waals surface area contributed by atoms with E-state index in [1.807, 2.05) is 6.07 Å². The number of nitrogens with two attached hydrogens (primary N) is 1. The number of nitrogens with zero attached hydrogens (tertiary/aromatic N) is 1. The van der Waals surface area contributed by atoms with Gasteiger partial charge in [-0.15, -0.1) is 0 Å². The summed E-state index contributed by atoms with van der Waals surface area (Å²) in [4.78, 5) is 1.62. The number of rotatable bonds is 3. The van der Waals surface area contributed by atoms with Crippen molar-refractivity contribution in [1.29, 1.82) is 0 Å². The Hall–Kier alpha value is -1.07. The third-order valence-electron chi connectivity index (χ3n) is 2.45. The highest BCUT2D eigenvalue weighted by molar-refractivity contribution is 7.99. The summed E-state index contributed by atoms with van der Waals surface area (Å²) in [6.07, 6.45) is 0. The van der Waals surface area contributed by atoms with E-state index in [-0.39, 0.29) is 5.84 Å². The lowest BCUT2D eigenvalue weighted by molar-refractivity contribution is 0.318. The van der Waals surface area contributed by atoms with Crippen LogP contribution in [0.2, 0.25) is 15.1 Å². The predicted molar refractivity (Wildman–Crippen MR) is 84.5 cm³/mol. The predicted octanol–water partition coefficient (Wildman–Crippen LogP) is 4.89. The fourth-order valence-corrected chi connectivity index (χ4v) is 3.15. The van der Waals surface area contributed by atoms with Crippen molar-refractivity contribution in [3.05, 3.63) is 57.0 Å². The number of benzene rings is 2. The van der Waals surface area contributed by atoms with Crippen molar-refractivity contribution in [2.24, 2.45) is 10.9 Å². The first-order chi connectivity index (χ1) is 9.51. The van der Waals surface area contributed by atoms with E-state index >= 15 is 0 Å². The molecule has 0 aliphatic heterocycles. The van der Waals surface area contributed by atoms with Gasteiger partial charge in [0.15, 0.2) is 5.84 Å². The van der Waals surface area contributed by atoms with Gasteiger partial charge in [-0.2, -0.15) is 0 Å². The first-order valence-electron chi connectivity index (χ1n) is 5.41. The second-order valence-corrected chi connectivity index (χ2v) is 6.17. The molecule has 0 aliphatic carbocycles. The average molecular weight is 348 g/mol. The summed E-state index contributed by atoms with van der Waals surface area (Å²) < 4.78 is 0. The van der Waals surface area contributed by atoms with E-state index in [2.05, 4.69) is 5.16 Å². The summed E-state index contributed by atoms with van der Waals surface area (Å²) in [7, 11) is 0. The molecule has 0 saturated heterocycles. The molecule has 0 atom stereocenters. The second-order valence-electron chi connectivity index (χ2n) is 3.80. The van der Waals surface area contributed by atoms with Crippen LogP contribution in [0.3, 0.4) is 0 Å². The van der Waals surface area contributed by atoms with E-state index in [0.29, 0.717) is 20.6 Å². The van der Waals surface area contributed by atoms with Gasteiger partial charge in [0.25, 0.3) is 0 Å². The first kappa shape index (κ1) is 15.3. The molecule has 0 fully saturated rings. The van der Waals surface area contributed by atoms with Crippen molar-refractivity contribution in [2.45, 2.75) is 9.79 Å². The minimum atomic E-state index is 0.0178. The number of hydrogen-bond donors (Lipinski definition) is 2. The zero-order valence-corrected chi connectivity index (χ0v) is 13.1. The normalized spacial score (nSPS) is 11.7. The molecule has 2 aromatic carbocycles. The molecule has 0 radical (unpaired) electrons. The molecule has 2 rings (SSSR count). The molecule has 20 heavy (non-hydrogen) atoms. The van der Waals surface area contributed by atoms with Gasteiger partial charge in [-0.1, -0.05) is 51.7 Å². The molecule has 7 heteroatoms. The molecule has 0 aromatic heterocycles. The van der Waals surface area contributed by atoms with Crippen LogP contribution in [0.4, 0.5) is 0 Å². The molecule has 0 aliphatic rings. The summed E-state index contributed by atoms with van der Waals surface area (Å²) in [6.45, 7) is 0. The van der Waals surface area contributed by atoms with Gasteiger partial charge in [0.1, 0.15) is 0 Å². The third-order valence-corrected chi connectivity index (χ3v) is 4.47. The zero-order valence-electron chi connectivity index (χ0n) is 9.98. The number of amidine groups is 1. The highest BCUT2D eigenvalue weighted by Gasteiger charge is 2.10. The van der Waals surface area contributed by atoms with Crippen LogP contribution in [-0.2, 0) is 0 Å². The smallest absolute Gasteiger partial charge is 0.171 e. The Morgan fingerprint density at radius 2 is 1.80 bits per heavy atom. The molecule has 0 bridgehead atoms. The number of hydrogen-bond acceptors (Lipinski definition) is 3. The van der Waals surface area contributed by atoms with E-state index in [0.717, 1.165) is 9.79 Å². The standard InChI is InChI=1S/C13H9Cl3N2OS/c14-7-1-3-9(13(17)18-19)12(5-7)20-8-2-4-10(15)11(16)6-8/h1-6,19H,(H2,17,18). The number of halogens is 3. The van der Waals surface area contributed by atoms with Crippen LogP contribution in [0, 0.1) is 0 Å². The van der Waals surface area contributed by atoms with Crippen LogP contribution in [0.1, 0.15) is 5.56 Å². The molecule has 0 spiro atoms. The Kier molecular flexibility index (Phi) is 5.05. The van der Waals surface area contributed by atoms with E-state index in [4.69, 9.17) is 45.7 Å². The number of oxime groups is 1. The van der Waals surface area contributed by atoms with E-state index in [9.17, 15) is 0 Å².